The van der Waals surface area contributed by atoms with Crippen molar-refractivity contribution in [3.63, 3.8) is 0 Å². The van der Waals surface area contributed by atoms with Crippen molar-refractivity contribution in [2.75, 3.05) is 0 Å². The Balaban J connectivity index is 2.09. The number of halogens is 2. The molecule has 2 aromatic carbocycles. The fourth-order valence-corrected chi connectivity index (χ4v) is 3.33. The Morgan fingerprint density at radius 1 is 1.05 bits per heavy atom. The maximum atomic E-state index is 12.1. The summed E-state index contributed by atoms with van der Waals surface area (Å²) in [7, 11) is -3.54. The number of hydrogen-bond donors (Lipinski definition) is 1. The average molecular weight is 375 g/mol. The highest BCUT2D eigenvalue weighted by molar-refractivity contribution is 9.08. The van der Waals surface area contributed by atoms with Crippen molar-refractivity contribution in [1.29, 1.82) is 0 Å². The Hall–Kier alpha value is -0.880. The van der Waals surface area contributed by atoms with Crippen LogP contribution in [0.5, 0.6) is 0 Å². The molecular weight excluding hydrogens is 362 g/mol. The lowest BCUT2D eigenvalue weighted by molar-refractivity contribution is 0.581. The first-order chi connectivity index (χ1) is 9.51. The van der Waals surface area contributed by atoms with E-state index in [4.69, 9.17) is 11.6 Å². The van der Waals surface area contributed by atoms with E-state index in [1.165, 1.54) is 12.1 Å². The van der Waals surface area contributed by atoms with Crippen LogP contribution >= 0.6 is 27.5 Å². The topological polar surface area (TPSA) is 46.2 Å². The SMILES string of the molecule is O=S(=O)(NCc1ccc(CBr)cc1)c1cccc(Cl)c1. The van der Waals surface area contributed by atoms with E-state index >= 15 is 0 Å². The van der Waals surface area contributed by atoms with Gasteiger partial charge < -0.3 is 0 Å². The molecule has 0 saturated carbocycles. The van der Waals surface area contributed by atoms with Gasteiger partial charge in [-0.05, 0) is 29.3 Å². The molecule has 0 radical (unpaired) electrons. The van der Waals surface area contributed by atoms with E-state index in [0.717, 1.165) is 16.5 Å². The minimum absolute atomic E-state index is 0.169. The Bertz CT molecular complexity index is 687. The van der Waals surface area contributed by atoms with Crippen LogP contribution in [0.25, 0.3) is 0 Å². The largest absolute Gasteiger partial charge is 0.240 e. The monoisotopic (exact) mass is 373 g/mol. The van der Waals surface area contributed by atoms with Gasteiger partial charge in [-0.2, -0.15) is 0 Å². The molecule has 0 spiro atoms. The normalized spacial score (nSPS) is 11.5. The van der Waals surface area contributed by atoms with Crippen LogP contribution in [-0.4, -0.2) is 8.42 Å². The van der Waals surface area contributed by atoms with Crippen molar-refractivity contribution in [3.05, 3.63) is 64.7 Å². The van der Waals surface area contributed by atoms with E-state index in [0.29, 0.717) is 5.02 Å². The molecule has 0 aliphatic heterocycles. The molecule has 0 heterocycles. The Morgan fingerprint density at radius 3 is 2.30 bits per heavy atom. The summed E-state index contributed by atoms with van der Waals surface area (Å²) in [5.41, 5.74) is 2.05. The number of hydrogen-bond acceptors (Lipinski definition) is 2. The second-order valence-electron chi connectivity index (χ2n) is 4.23. The van der Waals surface area contributed by atoms with Gasteiger partial charge in [-0.15, -0.1) is 0 Å². The third-order valence-corrected chi connectivity index (χ3v) is 5.03. The second kappa shape index (κ2) is 6.72. The Morgan fingerprint density at radius 2 is 1.70 bits per heavy atom. The van der Waals surface area contributed by atoms with Crippen molar-refractivity contribution < 1.29 is 8.42 Å². The molecule has 0 unspecified atom stereocenters. The van der Waals surface area contributed by atoms with E-state index < -0.39 is 10.0 Å². The molecule has 0 aliphatic rings. The maximum Gasteiger partial charge on any atom is 0.240 e. The first-order valence-corrected chi connectivity index (χ1v) is 8.88. The van der Waals surface area contributed by atoms with Gasteiger partial charge >= 0.3 is 0 Å². The van der Waals surface area contributed by atoms with E-state index in [-0.39, 0.29) is 11.4 Å². The number of benzene rings is 2. The van der Waals surface area contributed by atoms with Crippen molar-refractivity contribution in [2.24, 2.45) is 0 Å². The smallest absolute Gasteiger partial charge is 0.207 e. The molecule has 106 valence electrons. The van der Waals surface area contributed by atoms with E-state index in [1.807, 2.05) is 24.3 Å². The average Bonchev–Trinajstić information content (AvgIpc) is 2.46. The molecule has 1 N–H and O–H groups in total. The summed E-state index contributed by atoms with van der Waals surface area (Å²) in [6, 6.07) is 13.9. The van der Waals surface area contributed by atoms with E-state index in [9.17, 15) is 8.42 Å². The van der Waals surface area contributed by atoms with Crippen molar-refractivity contribution in [1.82, 2.24) is 4.72 Å². The first kappa shape index (κ1) is 15.5. The zero-order valence-electron chi connectivity index (χ0n) is 10.5. The van der Waals surface area contributed by atoms with Crippen LogP contribution in [0.4, 0.5) is 0 Å². The van der Waals surface area contributed by atoms with Gasteiger partial charge in [0, 0.05) is 16.9 Å². The minimum atomic E-state index is -3.54. The van der Waals surface area contributed by atoms with Crippen LogP contribution in [0.3, 0.4) is 0 Å². The standard InChI is InChI=1S/C14H13BrClNO2S/c15-9-11-4-6-12(7-5-11)10-17-20(18,19)14-3-1-2-13(16)8-14/h1-8,17H,9-10H2. The highest BCUT2D eigenvalue weighted by Crippen LogP contribution is 2.16. The minimum Gasteiger partial charge on any atom is -0.207 e. The van der Waals surface area contributed by atoms with Gasteiger partial charge in [-0.25, -0.2) is 13.1 Å². The molecule has 0 aliphatic carbocycles. The number of nitrogens with one attached hydrogen (secondary N) is 1. The van der Waals surface area contributed by atoms with Crippen molar-refractivity contribution in [3.8, 4) is 0 Å². The van der Waals surface area contributed by atoms with Crippen molar-refractivity contribution >= 4 is 37.6 Å². The highest BCUT2D eigenvalue weighted by Gasteiger charge is 2.13. The molecule has 0 atom stereocenters. The van der Waals surface area contributed by atoms with Crippen LogP contribution in [0.1, 0.15) is 11.1 Å². The van der Waals surface area contributed by atoms with Gasteiger partial charge in [0.25, 0.3) is 0 Å². The lowest BCUT2D eigenvalue weighted by atomic mass is 10.2. The van der Waals surface area contributed by atoms with Crippen molar-refractivity contribution in [2.45, 2.75) is 16.8 Å². The van der Waals surface area contributed by atoms with Gasteiger partial charge in [-0.1, -0.05) is 57.9 Å². The summed E-state index contributed by atoms with van der Waals surface area (Å²) in [4.78, 5) is 0.169. The van der Waals surface area contributed by atoms with Crippen LogP contribution in [0.2, 0.25) is 5.02 Å². The zero-order valence-corrected chi connectivity index (χ0v) is 13.7. The first-order valence-electron chi connectivity index (χ1n) is 5.90. The number of rotatable bonds is 5. The van der Waals surface area contributed by atoms with E-state index in [1.54, 1.807) is 12.1 Å². The Kier molecular flexibility index (Phi) is 5.21. The number of sulfonamides is 1. The molecule has 20 heavy (non-hydrogen) atoms. The van der Waals surface area contributed by atoms with Crippen LogP contribution < -0.4 is 4.72 Å². The molecule has 6 heteroatoms. The van der Waals surface area contributed by atoms with Gasteiger partial charge in [-0.3, -0.25) is 0 Å². The number of alkyl halides is 1. The summed E-state index contributed by atoms with van der Waals surface area (Å²) in [5.74, 6) is 0. The van der Waals surface area contributed by atoms with E-state index in [2.05, 4.69) is 20.7 Å². The predicted molar refractivity (Wildman–Crippen MR) is 84.6 cm³/mol. The van der Waals surface area contributed by atoms with Crippen LogP contribution in [-0.2, 0) is 21.9 Å². The van der Waals surface area contributed by atoms with Gasteiger partial charge in [0.2, 0.25) is 10.0 Å². The molecule has 0 bridgehead atoms. The summed E-state index contributed by atoms with van der Waals surface area (Å²) in [6.07, 6.45) is 0. The third kappa shape index (κ3) is 4.06. The summed E-state index contributed by atoms with van der Waals surface area (Å²) < 4.78 is 26.8. The molecular formula is C14H13BrClNO2S. The second-order valence-corrected chi connectivity index (χ2v) is 7.00. The van der Waals surface area contributed by atoms with Gasteiger partial charge in [0.15, 0.2) is 0 Å². The molecule has 0 amide bonds. The maximum absolute atomic E-state index is 12.1. The molecule has 0 fully saturated rings. The van der Waals surface area contributed by atoms with Crippen LogP contribution in [0.15, 0.2) is 53.4 Å². The fourth-order valence-electron chi connectivity index (χ4n) is 1.64. The quantitative estimate of drug-likeness (QED) is 0.811. The molecule has 2 aromatic rings. The Labute approximate surface area is 132 Å². The molecule has 2 rings (SSSR count). The third-order valence-electron chi connectivity index (χ3n) is 2.75. The molecule has 0 saturated heterocycles. The van der Waals surface area contributed by atoms with Crippen LogP contribution in [0, 0.1) is 0 Å². The van der Waals surface area contributed by atoms with Gasteiger partial charge in [0.1, 0.15) is 0 Å². The lowest BCUT2D eigenvalue weighted by Gasteiger charge is -2.07. The molecule has 0 aromatic heterocycles. The summed E-state index contributed by atoms with van der Waals surface area (Å²) in [5, 5.41) is 1.18. The zero-order chi connectivity index (χ0) is 14.6. The highest BCUT2D eigenvalue weighted by atomic mass is 79.9. The van der Waals surface area contributed by atoms with Gasteiger partial charge in [0.05, 0.1) is 4.90 Å². The molecule has 3 nitrogen and oxygen atoms in total. The predicted octanol–water partition coefficient (Wildman–Crippen LogP) is 3.71. The summed E-state index contributed by atoms with van der Waals surface area (Å²) in [6.45, 7) is 0.247. The fraction of sp³-hybridized carbons (Fsp3) is 0.143. The lowest BCUT2D eigenvalue weighted by Crippen LogP contribution is -2.23. The summed E-state index contributed by atoms with van der Waals surface area (Å²) >= 11 is 9.17.